The summed E-state index contributed by atoms with van der Waals surface area (Å²) in [7, 11) is 1.84. The van der Waals surface area contributed by atoms with Gasteiger partial charge in [0.05, 0.1) is 0 Å². The third kappa shape index (κ3) is 8.27. The van der Waals surface area contributed by atoms with Crippen LogP contribution in [-0.4, -0.2) is 76.1 Å². The van der Waals surface area contributed by atoms with E-state index in [-0.39, 0.29) is 24.0 Å². The standard InChI is InChI=1S/C19H38N4O2.HI/c1-15(2)23-12-16(3)18(13-23)22-19(20-4)21-8-5-9-25-14-17-6-10-24-11-7-17;/h15-18H,5-14H2,1-4H3,(H2,20,21,22);1H. The first-order valence-corrected chi connectivity index (χ1v) is 9.97. The summed E-state index contributed by atoms with van der Waals surface area (Å²) in [6, 6.07) is 1.08. The van der Waals surface area contributed by atoms with Crippen LogP contribution in [0.5, 0.6) is 0 Å². The first kappa shape index (κ1) is 23.9. The van der Waals surface area contributed by atoms with Gasteiger partial charge in [0.25, 0.3) is 0 Å². The van der Waals surface area contributed by atoms with Gasteiger partial charge in [-0.15, -0.1) is 24.0 Å². The molecular weight excluding hydrogens is 443 g/mol. The topological polar surface area (TPSA) is 58.1 Å². The van der Waals surface area contributed by atoms with Gasteiger partial charge in [0, 0.05) is 65.2 Å². The summed E-state index contributed by atoms with van der Waals surface area (Å²) in [4.78, 5) is 6.90. The lowest BCUT2D eigenvalue weighted by Gasteiger charge is -2.22. The van der Waals surface area contributed by atoms with E-state index in [9.17, 15) is 0 Å². The fraction of sp³-hybridized carbons (Fsp3) is 0.947. The van der Waals surface area contributed by atoms with Gasteiger partial charge in [0.1, 0.15) is 0 Å². The van der Waals surface area contributed by atoms with E-state index in [1.54, 1.807) is 0 Å². The van der Waals surface area contributed by atoms with Gasteiger partial charge in [-0.25, -0.2) is 0 Å². The van der Waals surface area contributed by atoms with Crippen molar-refractivity contribution in [1.82, 2.24) is 15.5 Å². The molecule has 2 saturated heterocycles. The van der Waals surface area contributed by atoms with Crippen LogP contribution >= 0.6 is 24.0 Å². The predicted octanol–water partition coefficient (Wildman–Crippen LogP) is 2.33. The maximum absolute atomic E-state index is 5.82. The fourth-order valence-electron chi connectivity index (χ4n) is 3.53. The lowest BCUT2D eigenvalue weighted by atomic mass is 10.0. The summed E-state index contributed by atoms with van der Waals surface area (Å²) in [6.45, 7) is 13.5. The maximum atomic E-state index is 5.82. The Morgan fingerprint density at radius 1 is 1.27 bits per heavy atom. The van der Waals surface area contributed by atoms with Gasteiger partial charge in [-0.3, -0.25) is 9.89 Å². The number of nitrogens with zero attached hydrogens (tertiary/aromatic N) is 2. The second-order valence-corrected chi connectivity index (χ2v) is 7.76. The summed E-state index contributed by atoms with van der Waals surface area (Å²) in [5.41, 5.74) is 0. The van der Waals surface area contributed by atoms with Crippen molar-refractivity contribution in [3.63, 3.8) is 0 Å². The average Bonchev–Trinajstić information content (AvgIpc) is 2.98. The Morgan fingerprint density at radius 3 is 2.62 bits per heavy atom. The van der Waals surface area contributed by atoms with Crippen LogP contribution in [0.3, 0.4) is 0 Å². The largest absolute Gasteiger partial charge is 0.381 e. The lowest BCUT2D eigenvalue weighted by molar-refractivity contribution is 0.0203. The van der Waals surface area contributed by atoms with Crippen molar-refractivity contribution in [2.45, 2.75) is 52.1 Å². The molecule has 0 aromatic rings. The molecule has 26 heavy (non-hydrogen) atoms. The van der Waals surface area contributed by atoms with E-state index in [4.69, 9.17) is 9.47 Å². The first-order valence-electron chi connectivity index (χ1n) is 9.97. The molecule has 0 aromatic heterocycles. The van der Waals surface area contributed by atoms with E-state index in [0.29, 0.717) is 23.9 Å². The highest BCUT2D eigenvalue weighted by Crippen LogP contribution is 2.18. The summed E-state index contributed by atoms with van der Waals surface area (Å²) >= 11 is 0. The zero-order chi connectivity index (χ0) is 18.1. The fourth-order valence-corrected chi connectivity index (χ4v) is 3.53. The van der Waals surface area contributed by atoms with Gasteiger partial charge in [-0.05, 0) is 44.9 Å². The molecule has 0 aliphatic carbocycles. The number of guanidine groups is 1. The summed E-state index contributed by atoms with van der Waals surface area (Å²) in [6.07, 6.45) is 3.28. The van der Waals surface area contributed by atoms with E-state index in [1.807, 2.05) is 7.05 Å². The molecule has 2 rings (SSSR count). The minimum Gasteiger partial charge on any atom is -0.381 e. The van der Waals surface area contributed by atoms with Crippen LogP contribution in [0.1, 0.15) is 40.0 Å². The molecule has 2 unspecified atom stereocenters. The van der Waals surface area contributed by atoms with Crippen LogP contribution in [0.4, 0.5) is 0 Å². The lowest BCUT2D eigenvalue weighted by Crippen LogP contribution is -2.47. The normalized spacial score (nSPS) is 25.3. The van der Waals surface area contributed by atoms with Crippen molar-refractivity contribution in [3.8, 4) is 0 Å². The molecule has 2 aliphatic rings. The van der Waals surface area contributed by atoms with Gasteiger partial charge >= 0.3 is 0 Å². The smallest absolute Gasteiger partial charge is 0.191 e. The average molecular weight is 482 g/mol. The van der Waals surface area contributed by atoms with E-state index >= 15 is 0 Å². The molecule has 0 saturated carbocycles. The molecule has 0 radical (unpaired) electrons. The van der Waals surface area contributed by atoms with E-state index in [2.05, 4.69) is 41.3 Å². The minimum absolute atomic E-state index is 0. The number of likely N-dealkylation sites (tertiary alicyclic amines) is 1. The second-order valence-electron chi connectivity index (χ2n) is 7.76. The Morgan fingerprint density at radius 2 is 2.00 bits per heavy atom. The summed E-state index contributed by atoms with van der Waals surface area (Å²) in [5.74, 6) is 2.24. The zero-order valence-electron chi connectivity index (χ0n) is 17.0. The van der Waals surface area contributed by atoms with Crippen molar-refractivity contribution in [3.05, 3.63) is 0 Å². The highest BCUT2D eigenvalue weighted by molar-refractivity contribution is 14.0. The number of ether oxygens (including phenoxy) is 2. The van der Waals surface area contributed by atoms with E-state index < -0.39 is 0 Å². The Labute approximate surface area is 176 Å². The molecule has 2 heterocycles. The predicted molar refractivity (Wildman–Crippen MR) is 119 cm³/mol. The highest BCUT2D eigenvalue weighted by Gasteiger charge is 2.31. The van der Waals surface area contributed by atoms with Crippen molar-refractivity contribution in [2.75, 3.05) is 53.1 Å². The molecule has 154 valence electrons. The van der Waals surface area contributed by atoms with Crippen molar-refractivity contribution >= 4 is 29.9 Å². The van der Waals surface area contributed by atoms with Crippen LogP contribution in [-0.2, 0) is 9.47 Å². The molecule has 6 nitrogen and oxygen atoms in total. The molecular formula is C19H39IN4O2. The van der Waals surface area contributed by atoms with Gasteiger partial charge in [0.15, 0.2) is 5.96 Å². The number of hydrogen-bond acceptors (Lipinski definition) is 4. The SMILES string of the molecule is CN=C(NCCCOCC1CCOCC1)NC1CN(C(C)C)CC1C.I. The molecule has 0 aromatic carbocycles. The Kier molecular flexibility index (Phi) is 12.1. The molecule has 0 spiro atoms. The minimum atomic E-state index is 0. The van der Waals surface area contributed by atoms with E-state index in [1.165, 1.54) is 0 Å². The molecule has 7 heteroatoms. The van der Waals surface area contributed by atoms with Crippen LogP contribution in [0.2, 0.25) is 0 Å². The number of hydrogen-bond donors (Lipinski definition) is 2. The zero-order valence-corrected chi connectivity index (χ0v) is 19.3. The molecule has 2 fully saturated rings. The third-order valence-electron chi connectivity index (χ3n) is 5.37. The van der Waals surface area contributed by atoms with Gasteiger partial charge in [-0.2, -0.15) is 0 Å². The van der Waals surface area contributed by atoms with Gasteiger partial charge in [0.2, 0.25) is 0 Å². The quantitative estimate of drug-likeness (QED) is 0.241. The highest BCUT2D eigenvalue weighted by atomic mass is 127. The Bertz CT molecular complexity index is 403. The first-order chi connectivity index (χ1) is 12.1. The molecule has 2 aliphatic heterocycles. The van der Waals surface area contributed by atoms with Crippen molar-refractivity contribution < 1.29 is 9.47 Å². The van der Waals surface area contributed by atoms with E-state index in [0.717, 1.165) is 71.3 Å². The van der Waals surface area contributed by atoms with Crippen LogP contribution in [0.25, 0.3) is 0 Å². The van der Waals surface area contributed by atoms with Crippen LogP contribution in [0.15, 0.2) is 4.99 Å². The van der Waals surface area contributed by atoms with Crippen LogP contribution in [0, 0.1) is 11.8 Å². The number of aliphatic imine (C=N–C) groups is 1. The summed E-state index contributed by atoms with van der Waals surface area (Å²) in [5, 5.41) is 7.01. The third-order valence-corrected chi connectivity index (χ3v) is 5.37. The number of nitrogens with one attached hydrogen (secondary N) is 2. The molecule has 2 atom stereocenters. The second kappa shape index (κ2) is 13.1. The molecule has 0 bridgehead atoms. The Balaban J connectivity index is 0.00000338. The number of rotatable bonds is 8. The summed E-state index contributed by atoms with van der Waals surface area (Å²) < 4.78 is 11.2. The van der Waals surface area contributed by atoms with Crippen LogP contribution < -0.4 is 10.6 Å². The molecule has 0 amide bonds. The van der Waals surface area contributed by atoms with Crippen molar-refractivity contribution in [2.24, 2.45) is 16.8 Å². The monoisotopic (exact) mass is 482 g/mol. The maximum Gasteiger partial charge on any atom is 0.191 e. The van der Waals surface area contributed by atoms with Gasteiger partial charge < -0.3 is 20.1 Å². The number of halogens is 1. The Hall–Kier alpha value is -0.120. The molecule has 2 N–H and O–H groups in total. The van der Waals surface area contributed by atoms with Gasteiger partial charge in [-0.1, -0.05) is 6.92 Å². The van der Waals surface area contributed by atoms with Crippen molar-refractivity contribution in [1.29, 1.82) is 0 Å².